The lowest BCUT2D eigenvalue weighted by molar-refractivity contribution is 0.340. The highest BCUT2D eigenvalue weighted by Gasteiger charge is 2.22. The van der Waals surface area contributed by atoms with Gasteiger partial charge in [-0.1, -0.05) is 37.9 Å². The summed E-state index contributed by atoms with van der Waals surface area (Å²) < 4.78 is 12.3. The molecule has 0 aliphatic heterocycles. The number of ether oxygens (including phenoxy) is 1. The number of furan rings is 1. The van der Waals surface area contributed by atoms with Crippen LogP contribution in [0.1, 0.15) is 40.0 Å². The molecule has 2 nitrogen and oxygen atoms in total. The molecule has 1 aromatic heterocycles. The van der Waals surface area contributed by atoms with Gasteiger partial charge in [0.15, 0.2) is 0 Å². The summed E-state index contributed by atoms with van der Waals surface area (Å²) in [5.74, 6) is 2.81. The van der Waals surface area contributed by atoms with Crippen molar-refractivity contribution in [3.8, 4) is 5.75 Å². The Hall–Kier alpha value is -0.740. The van der Waals surface area contributed by atoms with E-state index < -0.39 is 0 Å². The van der Waals surface area contributed by atoms with Crippen molar-refractivity contribution < 1.29 is 9.15 Å². The number of hydrogen-bond acceptors (Lipinski definition) is 2. The molecule has 20 heavy (non-hydrogen) atoms. The lowest BCUT2D eigenvalue weighted by atomic mass is 10.0. The molecule has 0 bridgehead atoms. The van der Waals surface area contributed by atoms with Gasteiger partial charge in [-0.3, -0.25) is 0 Å². The third-order valence-electron chi connectivity index (χ3n) is 3.43. The van der Waals surface area contributed by atoms with Gasteiger partial charge >= 0.3 is 0 Å². The maximum absolute atomic E-state index is 5.72. The molecule has 1 unspecified atom stereocenters. The van der Waals surface area contributed by atoms with E-state index in [-0.39, 0.29) is 4.83 Å². The van der Waals surface area contributed by atoms with E-state index in [0.29, 0.717) is 6.61 Å². The highest BCUT2D eigenvalue weighted by molar-refractivity contribution is 9.11. The maximum Gasteiger partial charge on any atom is 0.120 e. The lowest BCUT2D eigenvalue weighted by Crippen LogP contribution is -1.98. The van der Waals surface area contributed by atoms with Crippen molar-refractivity contribution in [2.75, 3.05) is 6.61 Å². The maximum atomic E-state index is 5.72. The van der Waals surface area contributed by atoms with Gasteiger partial charge in [0.25, 0.3) is 0 Å². The molecule has 0 fully saturated rings. The Bertz CT molecular complexity index is 617. The van der Waals surface area contributed by atoms with E-state index in [1.54, 1.807) is 0 Å². The van der Waals surface area contributed by atoms with Crippen LogP contribution < -0.4 is 4.74 Å². The van der Waals surface area contributed by atoms with Gasteiger partial charge in [0.05, 0.1) is 11.4 Å². The van der Waals surface area contributed by atoms with Crippen molar-refractivity contribution in [3.05, 3.63) is 50.9 Å². The van der Waals surface area contributed by atoms with Crippen LogP contribution in [0.2, 0.25) is 0 Å². The molecule has 0 saturated carbocycles. The predicted molar refractivity (Wildman–Crippen MR) is 89.0 cm³/mol. The number of hydrogen-bond donors (Lipinski definition) is 0. The Morgan fingerprint density at radius 3 is 2.40 bits per heavy atom. The second-order valence-corrected chi connectivity index (χ2v) is 6.50. The van der Waals surface area contributed by atoms with Crippen LogP contribution in [0, 0.1) is 20.8 Å². The van der Waals surface area contributed by atoms with Crippen LogP contribution in [0.3, 0.4) is 0 Å². The minimum Gasteiger partial charge on any atom is -0.494 e. The highest BCUT2D eigenvalue weighted by atomic mass is 79.9. The second-order valence-electron chi connectivity index (χ2n) is 4.73. The molecule has 0 N–H and O–H groups in total. The molecule has 2 aromatic rings. The predicted octanol–water partition coefficient (Wildman–Crippen LogP) is 5.85. The third-order valence-corrected chi connectivity index (χ3v) is 5.06. The van der Waals surface area contributed by atoms with Gasteiger partial charge in [0.1, 0.15) is 17.3 Å². The number of benzene rings is 1. The van der Waals surface area contributed by atoms with E-state index in [1.807, 2.05) is 32.9 Å². The van der Waals surface area contributed by atoms with Gasteiger partial charge in [-0.2, -0.15) is 0 Å². The Kier molecular flexibility index (Phi) is 4.97. The van der Waals surface area contributed by atoms with Crippen LogP contribution in [-0.2, 0) is 0 Å². The van der Waals surface area contributed by atoms with Crippen LogP contribution in [0.25, 0.3) is 0 Å². The molecule has 108 valence electrons. The average molecular weight is 402 g/mol. The number of aryl methyl sites for hydroxylation is 2. The Morgan fingerprint density at radius 2 is 1.90 bits per heavy atom. The quantitative estimate of drug-likeness (QED) is 0.599. The lowest BCUT2D eigenvalue weighted by Gasteiger charge is -2.14. The second kappa shape index (κ2) is 6.35. The Morgan fingerprint density at radius 1 is 1.20 bits per heavy atom. The van der Waals surface area contributed by atoms with Gasteiger partial charge in [0.2, 0.25) is 0 Å². The summed E-state index contributed by atoms with van der Waals surface area (Å²) in [4.78, 5) is 0.102. The Labute approximate surface area is 136 Å². The molecule has 0 saturated heterocycles. The Balaban J connectivity index is 2.40. The summed E-state index contributed by atoms with van der Waals surface area (Å²) in [6.07, 6.45) is 0. The third kappa shape index (κ3) is 2.96. The normalized spacial score (nSPS) is 12.5. The van der Waals surface area contributed by atoms with E-state index in [9.17, 15) is 0 Å². The summed E-state index contributed by atoms with van der Waals surface area (Å²) >= 11 is 7.42. The molecule has 1 heterocycles. The van der Waals surface area contributed by atoms with Crippen LogP contribution >= 0.6 is 31.9 Å². The van der Waals surface area contributed by atoms with Crippen LogP contribution in [-0.4, -0.2) is 6.61 Å². The number of alkyl halides is 1. The first-order chi connectivity index (χ1) is 9.45. The van der Waals surface area contributed by atoms with Gasteiger partial charge in [-0.05, 0) is 51.0 Å². The van der Waals surface area contributed by atoms with Gasteiger partial charge in [-0.15, -0.1) is 0 Å². The van der Waals surface area contributed by atoms with Gasteiger partial charge in [0, 0.05) is 10.0 Å². The molecule has 0 aliphatic carbocycles. The molecular formula is C16H18Br2O2. The molecule has 1 aromatic carbocycles. The zero-order valence-electron chi connectivity index (χ0n) is 12.1. The van der Waals surface area contributed by atoms with E-state index in [4.69, 9.17) is 9.15 Å². The fourth-order valence-corrected chi connectivity index (χ4v) is 4.27. The molecular weight excluding hydrogens is 384 g/mol. The highest BCUT2D eigenvalue weighted by Crippen LogP contribution is 2.41. The minimum atomic E-state index is 0.102. The first-order valence-electron chi connectivity index (χ1n) is 6.58. The van der Waals surface area contributed by atoms with E-state index in [1.165, 1.54) is 16.7 Å². The molecule has 0 amide bonds. The van der Waals surface area contributed by atoms with Crippen molar-refractivity contribution in [2.24, 2.45) is 0 Å². The van der Waals surface area contributed by atoms with E-state index >= 15 is 0 Å². The molecule has 2 rings (SSSR count). The van der Waals surface area contributed by atoms with Crippen molar-refractivity contribution >= 4 is 31.9 Å². The summed E-state index contributed by atoms with van der Waals surface area (Å²) in [5.41, 5.74) is 3.57. The first-order valence-corrected chi connectivity index (χ1v) is 8.29. The summed E-state index contributed by atoms with van der Waals surface area (Å²) in [5, 5.41) is 0. The van der Waals surface area contributed by atoms with Crippen molar-refractivity contribution in [1.29, 1.82) is 0 Å². The summed E-state index contributed by atoms with van der Waals surface area (Å²) in [7, 11) is 0. The summed E-state index contributed by atoms with van der Waals surface area (Å²) in [6.45, 7) is 8.75. The molecule has 1 atom stereocenters. The minimum absolute atomic E-state index is 0.102. The molecule has 0 radical (unpaired) electrons. The summed E-state index contributed by atoms with van der Waals surface area (Å²) in [6, 6.07) is 6.08. The molecule has 0 spiro atoms. The largest absolute Gasteiger partial charge is 0.494 e. The monoisotopic (exact) mass is 400 g/mol. The zero-order chi connectivity index (χ0) is 14.9. The van der Waals surface area contributed by atoms with Gasteiger partial charge in [-0.25, -0.2) is 0 Å². The average Bonchev–Trinajstić information content (AvgIpc) is 2.63. The molecule has 0 aliphatic rings. The van der Waals surface area contributed by atoms with Crippen molar-refractivity contribution in [2.45, 2.75) is 32.5 Å². The van der Waals surface area contributed by atoms with Crippen LogP contribution in [0.4, 0.5) is 0 Å². The van der Waals surface area contributed by atoms with Crippen molar-refractivity contribution in [3.63, 3.8) is 0 Å². The van der Waals surface area contributed by atoms with E-state index in [0.717, 1.165) is 21.7 Å². The fourth-order valence-electron chi connectivity index (χ4n) is 2.31. The topological polar surface area (TPSA) is 22.4 Å². The SMILES string of the molecule is CCOc1ccc(C(Br)c2c(C)oc(C)c2C)c(Br)c1. The van der Waals surface area contributed by atoms with Crippen LogP contribution in [0.15, 0.2) is 27.1 Å². The first kappa shape index (κ1) is 15.6. The smallest absolute Gasteiger partial charge is 0.120 e. The number of halogens is 2. The standard InChI is InChI=1S/C16H18Br2O2/c1-5-19-12-6-7-13(14(17)8-12)16(18)15-9(2)10(3)20-11(15)4/h6-8,16H,5H2,1-4H3. The van der Waals surface area contributed by atoms with Gasteiger partial charge < -0.3 is 9.15 Å². The van der Waals surface area contributed by atoms with E-state index in [2.05, 4.69) is 44.8 Å². The fraction of sp³-hybridized carbons (Fsp3) is 0.375. The van der Waals surface area contributed by atoms with Crippen molar-refractivity contribution in [1.82, 2.24) is 0 Å². The zero-order valence-corrected chi connectivity index (χ0v) is 15.3. The van der Waals surface area contributed by atoms with Crippen LogP contribution in [0.5, 0.6) is 5.75 Å². The number of rotatable bonds is 4. The molecule has 4 heteroatoms.